The molecule has 5 N–H and O–H groups in total. The first kappa shape index (κ1) is 15.1. The van der Waals surface area contributed by atoms with Gasteiger partial charge in [-0.2, -0.15) is 5.26 Å². The van der Waals surface area contributed by atoms with E-state index in [0.717, 1.165) is 0 Å². The Balaban J connectivity index is 2.47. The van der Waals surface area contributed by atoms with Crippen LogP contribution < -0.4 is 16.2 Å². The van der Waals surface area contributed by atoms with Crippen LogP contribution >= 0.6 is 11.6 Å². The second-order valence-corrected chi connectivity index (χ2v) is 6.19. The van der Waals surface area contributed by atoms with Crippen molar-refractivity contribution < 1.29 is 8.42 Å². The first-order valence-electron chi connectivity index (χ1n) is 5.70. The minimum atomic E-state index is -3.84. The zero-order chi connectivity index (χ0) is 15.6. The molecule has 0 aromatic heterocycles. The quantitative estimate of drug-likeness (QED) is 0.747. The number of anilines is 3. The van der Waals surface area contributed by atoms with Gasteiger partial charge in [0.15, 0.2) is 0 Å². The number of nitrogens with one attached hydrogen (secondary N) is 1. The van der Waals surface area contributed by atoms with Gasteiger partial charge in [0.05, 0.1) is 38.6 Å². The fourth-order valence-electron chi connectivity index (χ4n) is 1.66. The topological polar surface area (TPSA) is 122 Å². The van der Waals surface area contributed by atoms with Crippen LogP contribution in [0.2, 0.25) is 5.02 Å². The summed E-state index contributed by atoms with van der Waals surface area (Å²) in [6.07, 6.45) is 0. The molecule has 0 radical (unpaired) electrons. The van der Waals surface area contributed by atoms with Crippen molar-refractivity contribution >= 4 is 38.7 Å². The Morgan fingerprint density at radius 2 is 1.86 bits per heavy atom. The maximum Gasteiger partial charge on any atom is 0.238 e. The summed E-state index contributed by atoms with van der Waals surface area (Å²) in [5.41, 5.74) is 7.29. The van der Waals surface area contributed by atoms with E-state index in [-0.39, 0.29) is 4.90 Å². The smallest absolute Gasteiger partial charge is 0.238 e. The van der Waals surface area contributed by atoms with Gasteiger partial charge in [0, 0.05) is 0 Å². The van der Waals surface area contributed by atoms with Crippen LogP contribution in [-0.2, 0) is 10.0 Å². The summed E-state index contributed by atoms with van der Waals surface area (Å²) in [5, 5.41) is 17.2. The molecule has 0 unspecified atom stereocenters. The average molecular weight is 323 g/mol. The van der Waals surface area contributed by atoms with Gasteiger partial charge in [-0.3, -0.25) is 0 Å². The molecule has 8 heteroatoms. The van der Waals surface area contributed by atoms with Gasteiger partial charge in [0.2, 0.25) is 10.0 Å². The summed E-state index contributed by atoms with van der Waals surface area (Å²) >= 11 is 6.03. The van der Waals surface area contributed by atoms with Gasteiger partial charge in [0.1, 0.15) is 0 Å². The summed E-state index contributed by atoms with van der Waals surface area (Å²) in [4.78, 5) is -0.0771. The SMILES string of the molecule is N#Cc1ccc(Cl)c(Nc2cc(S(N)(=O)=O)ccc2N)c1. The minimum Gasteiger partial charge on any atom is -0.397 e. The fraction of sp³-hybridized carbons (Fsp3) is 0. The highest BCUT2D eigenvalue weighted by Crippen LogP contribution is 2.30. The van der Waals surface area contributed by atoms with Crippen molar-refractivity contribution in [1.82, 2.24) is 0 Å². The van der Waals surface area contributed by atoms with E-state index in [2.05, 4.69) is 5.32 Å². The number of nitrogens with zero attached hydrogens (tertiary/aromatic N) is 1. The number of sulfonamides is 1. The molecule has 0 saturated carbocycles. The Hall–Kier alpha value is -2.27. The van der Waals surface area contributed by atoms with E-state index in [9.17, 15) is 8.42 Å². The van der Waals surface area contributed by atoms with Crippen molar-refractivity contribution in [2.45, 2.75) is 4.90 Å². The summed E-state index contributed by atoms with van der Waals surface area (Å²) < 4.78 is 22.7. The number of hydrogen-bond donors (Lipinski definition) is 3. The predicted octanol–water partition coefficient (Wildman–Crippen LogP) is 2.18. The van der Waals surface area contributed by atoms with Crippen molar-refractivity contribution in [2.75, 3.05) is 11.1 Å². The molecular formula is C13H11ClN4O2S. The van der Waals surface area contributed by atoms with Crippen molar-refractivity contribution in [3.63, 3.8) is 0 Å². The summed E-state index contributed by atoms with van der Waals surface area (Å²) in [6, 6.07) is 10.7. The molecule has 0 fully saturated rings. The van der Waals surface area contributed by atoms with Crippen molar-refractivity contribution in [2.24, 2.45) is 5.14 Å². The highest BCUT2D eigenvalue weighted by atomic mass is 35.5. The van der Waals surface area contributed by atoms with Gasteiger partial charge in [-0.05, 0) is 36.4 Å². The molecule has 6 nitrogen and oxygen atoms in total. The third kappa shape index (κ3) is 3.44. The Morgan fingerprint density at radius 1 is 1.14 bits per heavy atom. The number of halogens is 1. The predicted molar refractivity (Wildman–Crippen MR) is 81.7 cm³/mol. The molecular weight excluding hydrogens is 312 g/mol. The van der Waals surface area contributed by atoms with Gasteiger partial charge in [-0.1, -0.05) is 11.6 Å². The minimum absolute atomic E-state index is 0.0771. The number of nitrogens with two attached hydrogens (primary N) is 2. The number of nitriles is 1. The van der Waals surface area contributed by atoms with Crippen LogP contribution in [0, 0.1) is 11.3 Å². The van der Waals surface area contributed by atoms with Gasteiger partial charge in [-0.15, -0.1) is 0 Å². The largest absolute Gasteiger partial charge is 0.397 e. The number of rotatable bonds is 3. The second-order valence-electron chi connectivity index (χ2n) is 4.23. The number of hydrogen-bond acceptors (Lipinski definition) is 5. The van der Waals surface area contributed by atoms with Crippen LogP contribution in [0.4, 0.5) is 17.1 Å². The third-order valence-corrected chi connectivity index (χ3v) is 3.96. The first-order chi connectivity index (χ1) is 9.81. The number of nitrogen functional groups attached to an aromatic ring is 1. The first-order valence-corrected chi connectivity index (χ1v) is 7.62. The molecule has 2 aromatic carbocycles. The Labute approximate surface area is 127 Å². The molecule has 0 aliphatic heterocycles. The summed E-state index contributed by atoms with van der Waals surface area (Å²) in [7, 11) is -3.84. The average Bonchev–Trinajstić information content (AvgIpc) is 2.42. The van der Waals surface area contributed by atoms with E-state index in [1.807, 2.05) is 6.07 Å². The number of benzene rings is 2. The highest BCUT2D eigenvalue weighted by Gasteiger charge is 2.11. The van der Waals surface area contributed by atoms with Gasteiger partial charge < -0.3 is 11.1 Å². The second kappa shape index (κ2) is 5.61. The molecule has 0 atom stereocenters. The van der Waals surface area contributed by atoms with E-state index in [0.29, 0.717) is 27.6 Å². The normalized spacial score (nSPS) is 10.9. The monoisotopic (exact) mass is 322 g/mol. The van der Waals surface area contributed by atoms with Crippen LogP contribution in [0.3, 0.4) is 0 Å². The molecule has 108 valence electrons. The van der Waals surface area contributed by atoms with E-state index in [1.165, 1.54) is 24.3 Å². The Bertz CT molecular complexity index is 844. The zero-order valence-corrected chi connectivity index (χ0v) is 12.2. The molecule has 0 aliphatic carbocycles. The van der Waals surface area contributed by atoms with Crippen molar-refractivity contribution in [1.29, 1.82) is 5.26 Å². The Morgan fingerprint density at radius 3 is 2.48 bits per heavy atom. The van der Waals surface area contributed by atoms with Gasteiger partial charge >= 0.3 is 0 Å². The van der Waals surface area contributed by atoms with Gasteiger partial charge in [-0.25, -0.2) is 13.6 Å². The molecule has 0 heterocycles. The molecule has 21 heavy (non-hydrogen) atoms. The van der Waals surface area contributed by atoms with Crippen molar-refractivity contribution in [3.05, 3.63) is 47.0 Å². The highest BCUT2D eigenvalue weighted by molar-refractivity contribution is 7.89. The molecule has 0 bridgehead atoms. The zero-order valence-electron chi connectivity index (χ0n) is 10.7. The van der Waals surface area contributed by atoms with Crippen molar-refractivity contribution in [3.8, 4) is 6.07 Å². The molecule has 0 amide bonds. The lowest BCUT2D eigenvalue weighted by Crippen LogP contribution is -2.12. The molecule has 2 aromatic rings. The molecule has 0 saturated heterocycles. The van der Waals surface area contributed by atoms with E-state index >= 15 is 0 Å². The lowest BCUT2D eigenvalue weighted by atomic mass is 10.2. The van der Waals surface area contributed by atoms with Crippen LogP contribution in [0.1, 0.15) is 5.56 Å². The van der Waals surface area contributed by atoms with Crippen LogP contribution in [0.25, 0.3) is 0 Å². The number of primary sulfonamides is 1. The fourth-order valence-corrected chi connectivity index (χ4v) is 2.36. The summed E-state index contributed by atoms with van der Waals surface area (Å²) in [6.45, 7) is 0. The summed E-state index contributed by atoms with van der Waals surface area (Å²) in [5.74, 6) is 0. The maximum absolute atomic E-state index is 11.4. The molecule has 0 spiro atoms. The van der Waals surface area contributed by atoms with Gasteiger partial charge in [0.25, 0.3) is 0 Å². The standard InChI is InChI=1S/C13H11ClN4O2S/c14-10-3-1-8(7-15)5-12(10)18-13-6-9(21(17,19)20)2-4-11(13)16/h1-6,18H,16H2,(H2,17,19,20). The van der Waals surface area contributed by atoms with Crippen LogP contribution in [-0.4, -0.2) is 8.42 Å². The van der Waals surface area contributed by atoms with Crippen LogP contribution in [0.15, 0.2) is 41.3 Å². The lowest BCUT2D eigenvalue weighted by Gasteiger charge is -2.12. The third-order valence-electron chi connectivity index (χ3n) is 2.72. The lowest BCUT2D eigenvalue weighted by molar-refractivity contribution is 0.598. The maximum atomic E-state index is 11.4. The molecule has 2 rings (SSSR count). The van der Waals surface area contributed by atoms with Crippen LogP contribution in [0.5, 0.6) is 0 Å². The molecule has 0 aliphatic rings. The Kier molecular flexibility index (Phi) is 4.04. The van der Waals surface area contributed by atoms with E-state index in [1.54, 1.807) is 12.1 Å². The van der Waals surface area contributed by atoms with E-state index in [4.69, 9.17) is 27.7 Å². The van der Waals surface area contributed by atoms with E-state index < -0.39 is 10.0 Å².